The first kappa shape index (κ1) is 26.7. The van der Waals surface area contributed by atoms with Crippen LogP contribution in [0.4, 0.5) is 14.6 Å². The Kier molecular flexibility index (Phi) is 8.23. The zero-order valence-corrected chi connectivity index (χ0v) is 19.6. The minimum atomic E-state index is -4.35. The Bertz CT molecular complexity index is 1130. The van der Waals surface area contributed by atoms with Crippen molar-refractivity contribution >= 4 is 19.5 Å². The van der Waals surface area contributed by atoms with Gasteiger partial charge in [-0.1, -0.05) is 18.2 Å². The van der Waals surface area contributed by atoms with Gasteiger partial charge in [-0.2, -0.15) is 13.8 Å². The number of nitrogens with two attached hydrogens (primary N) is 1. The molecule has 1 aliphatic heterocycles. The Morgan fingerprint density at radius 3 is 2.66 bits per heavy atom. The number of aromatic nitrogens is 2. The summed E-state index contributed by atoms with van der Waals surface area (Å²) >= 11 is 0. The SMILES string of the molecule is CC(C)OC(=O)CNP(=O)(OCC1OC(n2ccc(N)nc2=O)C(F)(F)[C@@H]1O)Oc1ccccc1. The molecule has 4 N–H and O–H groups in total. The van der Waals surface area contributed by atoms with Gasteiger partial charge in [0.2, 0.25) is 6.23 Å². The lowest BCUT2D eigenvalue weighted by atomic mass is 10.1. The van der Waals surface area contributed by atoms with Crippen molar-refractivity contribution in [1.29, 1.82) is 0 Å². The van der Waals surface area contributed by atoms with E-state index in [1.54, 1.807) is 32.0 Å². The Morgan fingerprint density at radius 2 is 2.03 bits per heavy atom. The number of nitrogens with zero attached hydrogens (tertiary/aromatic N) is 2. The largest absolute Gasteiger partial charge is 0.462 e. The number of hydrogen-bond acceptors (Lipinski definition) is 10. The van der Waals surface area contributed by atoms with E-state index in [2.05, 4.69) is 10.1 Å². The zero-order valence-electron chi connectivity index (χ0n) is 18.7. The number of nitrogens with one attached hydrogen (secondary N) is 1. The maximum absolute atomic E-state index is 14.7. The highest BCUT2D eigenvalue weighted by atomic mass is 31.2. The second-order valence-corrected chi connectivity index (χ2v) is 9.51. The molecule has 0 aliphatic carbocycles. The van der Waals surface area contributed by atoms with Crippen LogP contribution in [0.25, 0.3) is 0 Å². The monoisotopic (exact) mass is 518 g/mol. The highest BCUT2D eigenvalue weighted by Crippen LogP contribution is 2.47. The van der Waals surface area contributed by atoms with Gasteiger partial charge >= 0.3 is 25.3 Å². The molecule has 0 bridgehead atoms. The van der Waals surface area contributed by atoms with Gasteiger partial charge in [0.25, 0.3) is 0 Å². The number of aliphatic hydroxyl groups is 1. The summed E-state index contributed by atoms with van der Waals surface area (Å²) in [6.45, 7) is 1.81. The molecule has 1 aromatic heterocycles. The third-order valence-corrected chi connectivity index (χ3v) is 6.13. The fourth-order valence-corrected chi connectivity index (χ4v) is 4.35. The number of alkyl halides is 2. The predicted molar refractivity (Wildman–Crippen MR) is 118 cm³/mol. The van der Waals surface area contributed by atoms with E-state index >= 15 is 0 Å². The Hall–Kier alpha value is -2.90. The van der Waals surface area contributed by atoms with E-state index in [1.807, 2.05) is 0 Å². The minimum Gasteiger partial charge on any atom is -0.462 e. The van der Waals surface area contributed by atoms with E-state index in [0.29, 0.717) is 4.57 Å². The standard InChI is InChI=1S/C20H25F2N4O8P/c1-12(2)32-16(27)10-24-35(30,34-13-6-4-3-5-7-13)31-11-14-17(28)20(21,22)18(33-14)26-9-8-15(23)25-19(26)29/h3-9,12,14,17-18,28H,10-11H2,1-2H3,(H,24,30)(H2,23,25,29)/t14?,17-,18?,35?/m1/s1. The average molecular weight is 518 g/mol. The van der Waals surface area contributed by atoms with Gasteiger partial charge in [-0.15, -0.1) is 0 Å². The normalized spacial score (nSPS) is 23.1. The number of ether oxygens (including phenoxy) is 2. The summed E-state index contributed by atoms with van der Waals surface area (Å²) in [5, 5.41) is 12.5. The van der Waals surface area contributed by atoms with Gasteiger partial charge < -0.3 is 24.8 Å². The fourth-order valence-electron chi connectivity index (χ4n) is 3.07. The summed E-state index contributed by atoms with van der Waals surface area (Å²) in [4.78, 5) is 27.2. The number of aliphatic hydroxyl groups excluding tert-OH is 1. The van der Waals surface area contributed by atoms with Crippen LogP contribution in [0.2, 0.25) is 0 Å². The smallest absolute Gasteiger partial charge is 0.459 e. The van der Waals surface area contributed by atoms with Crippen LogP contribution in [0.15, 0.2) is 47.4 Å². The molecule has 2 heterocycles. The molecule has 0 amide bonds. The molecule has 3 rings (SSSR count). The fraction of sp³-hybridized carbons (Fsp3) is 0.450. The van der Waals surface area contributed by atoms with E-state index in [-0.39, 0.29) is 11.6 Å². The molecule has 35 heavy (non-hydrogen) atoms. The number of hydrogen-bond donors (Lipinski definition) is 3. The Balaban J connectivity index is 1.75. The number of esters is 1. The minimum absolute atomic E-state index is 0.0937. The van der Waals surface area contributed by atoms with Gasteiger partial charge in [-0.05, 0) is 32.0 Å². The van der Waals surface area contributed by atoms with Crippen molar-refractivity contribution in [2.75, 3.05) is 18.9 Å². The summed E-state index contributed by atoms with van der Waals surface area (Å²) in [6.07, 6.45) is -5.88. The summed E-state index contributed by atoms with van der Waals surface area (Å²) in [5.74, 6) is -4.79. The van der Waals surface area contributed by atoms with E-state index < -0.39 is 63.0 Å². The van der Waals surface area contributed by atoms with Gasteiger partial charge in [0.1, 0.15) is 24.2 Å². The molecule has 0 radical (unpaired) electrons. The van der Waals surface area contributed by atoms with Gasteiger partial charge in [0.05, 0.1) is 12.7 Å². The number of carbonyl (C=O) groups is 1. The second-order valence-electron chi connectivity index (χ2n) is 7.76. The molecule has 12 nitrogen and oxygen atoms in total. The van der Waals surface area contributed by atoms with E-state index in [0.717, 1.165) is 12.3 Å². The van der Waals surface area contributed by atoms with Crippen molar-refractivity contribution in [2.45, 2.75) is 44.3 Å². The first-order valence-electron chi connectivity index (χ1n) is 10.4. The highest BCUT2D eigenvalue weighted by Gasteiger charge is 2.60. The summed E-state index contributed by atoms with van der Waals surface area (Å²) in [5.41, 5.74) is 4.26. The molecule has 4 atom stereocenters. The molecule has 1 saturated heterocycles. The summed E-state index contributed by atoms with van der Waals surface area (Å²) < 4.78 is 64.0. The summed E-state index contributed by atoms with van der Waals surface area (Å²) in [6, 6.07) is 8.86. The number of nitrogen functional groups attached to an aromatic ring is 1. The Labute approximate surface area is 198 Å². The molecule has 0 spiro atoms. The second kappa shape index (κ2) is 10.8. The van der Waals surface area contributed by atoms with Crippen molar-refractivity contribution in [1.82, 2.24) is 14.6 Å². The molecule has 1 aliphatic rings. The van der Waals surface area contributed by atoms with Crippen LogP contribution in [-0.2, 0) is 23.4 Å². The predicted octanol–water partition coefficient (Wildman–Crippen LogP) is 1.46. The molecule has 192 valence electrons. The average Bonchev–Trinajstić information content (AvgIpc) is 3.00. The maximum atomic E-state index is 14.7. The molecule has 3 unspecified atom stereocenters. The van der Waals surface area contributed by atoms with Gasteiger partial charge in [-0.25, -0.2) is 14.4 Å². The molecular formula is C20H25F2N4O8P. The lowest BCUT2D eigenvalue weighted by Gasteiger charge is -2.22. The van der Waals surface area contributed by atoms with Crippen molar-refractivity contribution in [2.24, 2.45) is 0 Å². The number of halogens is 2. The van der Waals surface area contributed by atoms with Crippen LogP contribution in [0, 0.1) is 0 Å². The molecule has 1 fully saturated rings. The topological polar surface area (TPSA) is 164 Å². The first-order valence-corrected chi connectivity index (χ1v) is 12.0. The maximum Gasteiger partial charge on any atom is 0.459 e. The van der Waals surface area contributed by atoms with Gasteiger partial charge in [0, 0.05) is 6.20 Å². The quantitative estimate of drug-likeness (QED) is 0.308. The van der Waals surface area contributed by atoms with E-state index in [9.17, 15) is 28.0 Å². The van der Waals surface area contributed by atoms with Crippen LogP contribution < -0.4 is 21.0 Å². The molecule has 2 aromatic rings. The third kappa shape index (κ3) is 6.61. The van der Waals surface area contributed by atoms with Crippen molar-refractivity contribution in [3.8, 4) is 5.75 Å². The summed E-state index contributed by atoms with van der Waals surface area (Å²) in [7, 11) is -4.35. The van der Waals surface area contributed by atoms with E-state index in [1.165, 1.54) is 12.1 Å². The lowest BCUT2D eigenvalue weighted by molar-refractivity contribution is -0.146. The molecular weight excluding hydrogens is 493 g/mol. The molecule has 15 heteroatoms. The van der Waals surface area contributed by atoms with Crippen molar-refractivity contribution < 1.29 is 41.8 Å². The van der Waals surface area contributed by atoms with Crippen molar-refractivity contribution in [3.05, 3.63) is 53.1 Å². The van der Waals surface area contributed by atoms with E-state index in [4.69, 9.17) is 24.3 Å². The number of rotatable bonds is 10. The van der Waals surface area contributed by atoms with Crippen LogP contribution >= 0.6 is 7.75 Å². The molecule has 1 aromatic carbocycles. The lowest BCUT2D eigenvalue weighted by Crippen LogP contribution is -2.42. The highest BCUT2D eigenvalue weighted by molar-refractivity contribution is 7.52. The van der Waals surface area contributed by atoms with Crippen LogP contribution in [0.3, 0.4) is 0 Å². The van der Waals surface area contributed by atoms with Crippen LogP contribution in [0.1, 0.15) is 20.1 Å². The van der Waals surface area contributed by atoms with Crippen LogP contribution in [-0.4, -0.2) is 58.0 Å². The first-order chi connectivity index (χ1) is 16.4. The third-order valence-electron chi connectivity index (χ3n) is 4.65. The van der Waals surface area contributed by atoms with Gasteiger partial charge in [-0.3, -0.25) is 13.9 Å². The van der Waals surface area contributed by atoms with Crippen LogP contribution in [0.5, 0.6) is 5.75 Å². The number of para-hydroxylation sites is 1. The zero-order chi connectivity index (χ0) is 25.8. The number of anilines is 1. The van der Waals surface area contributed by atoms with Gasteiger partial charge in [0.15, 0.2) is 6.10 Å². The number of benzene rings is 1. The Morgan fingerprint density at radius 1 is 1.34 bits per heavy atom. The van der Waals surface area contributed by atoms with Crippen molar-refractivity contribution in [3.63, 3.8) is 0 Å². The molecule has 0 saturated carbocycles. The number of carbonyl (C=O) groups excluding carboxylic acids is 1.